The highest BCUT2D eigenvalue weighted by Gasteiger charge is 2.46. The quantitative estimate of drug-likeness (QED) is 0.882. The molecule has 1 saturated heterocycles. The zero-order chi connectivity index (χ0) is 16.6. The van der Waals surface area contributed by atoms with Gasteiger partial charge >= 0.3 is 6.03 Å². The van der Waals surface area contributed by atoms with Crippen LogP contribution in [0.1, 0.15) is 37.9 Å². The Labute approximate surface area is 135 Å². The number of aromatic nitrogens is 1. The third-order valence-electron chi connectivity index (χ3n) is 4.35. The first-order valence-corrected chi connectivity index (χ1v) is 7.94. The average molecular weight is 311 g/mol. The average Bonchev–Trinajstić information content (AvgIpc) is 2.71. The van der Waals surface area contributed by atoms with Crippen LogP contribution in [0, 0.1) is 6.92 Å². The number of nitrogens with one attached hydrogen (secondary N) is 1. The highest BCUT2D eigenvalue weighted by atomic mass is 16.2. The number of amides is 3. The van der Waals surface area contributed by atoms with Crippen LogP contribution in [0.25, 0.3) is 10.9 Å². The van der Waals surface area contributed by atoms with Crippen LogP contribution >= 0.6 is 0 Å². The second-order valence-electron chi connectivity index (χ2n) is 6.34. The van der Waals surface area contributed by atoms with Crippen LogP contribution < -0.4 is 5.32 Å². The van der Waals surface area contributed by atoms with Gasteiger partial charge in [-0.25, -0.2) is 4.79 Å². The Morgan fingerprint density at radius 3 is 2.74 bits per heavy atom. The predicted molar refractivity (Wildman–Crippen MR) is 88.9 cm³/mol. The molecule has 120 valence electrons. The summed E-state index contributed by atoms with van der Waals surface area (Å²) in [6.45, 7) is 6.00. The summed E-state index contributed by atoms with van der Waals surface area (Å²) < 4.78 is 0. The minimum absolute atomic E-state index is 0.150. The number of aryl methyl sites for hydroxylation is 1. The van der Waals surface area contributed by atoms with Gasteiger partial charge in [0.2, 0.25) is 0 Å². The Balaban J connectivity index is 1.96. The van der Waals surface area contributed by atoms with Gasteiger partial charge in [-0.3, -0.25) is 14.7 Å². The Bertz CT molecular complexity index is 787. The van der Waals surface area contributed by atoms with E-state index in [9.17, 15) is 9.59 Å². The molecule has 5 heteroatoms. The molecular weight excluding hydrogens is 290 g/mol. The van der Waals surface area contributed by atoms with Gasteiger partial charge in [0.15, 0.2) is 0 Å². The zero-order valence-electron chi connectivity index (χ0n) is 13.7. The number of carbonyl (C=O) groups excluding carboxylic acids is 2. The number of para-hydroxylation sites is 1. The molecule has 0 aliphatic carbocycles. The molecule has 0 saturated carbocycles. The van der Waals surface area contributed by atoms with Crippen LogP contribution in [0.4, 0.5) is 4.79 Å². The van der Waals surface area contributed by atoms with Crippen molar-refractivity contribution in [2.45, 2.75) is 45.7 Å². The molecule has 1 unspecified atom stereocenters. The smallest absolute Gasteiger partial charge is 0.323 e. The number of pyridine rings is 1. The number of fused-ring (bicyclic) bond motifs is 1. The third kappa shape index (κ3) is 2.67. The minimum Gasteiger partial charge on any atom is -0.323 e. The van der Waals surface area contributed by atoms with Crippen molar-refractivity contribution in [3.8, 4) is 0 Å². The summed E-state index contributed by atoms with van der Waals surface area (Å²) in [5.74, 6) is -0.150. The van der Waals surface area contributed by atoms with Gasteiger partial charge in [-0.05, 0) is 38.0 Å². The Morgan fingerprint density at radius 2 is 2.00 bits per heavy atom. The van der Waals surface area contributed by atoms with E-state index in [4.69, 9.17) is 0 Å². The van der Waals surface area contributed by atoms with Crippen LogP contribution in [-0.4, -0.2) is 27.4 Å². The number of urea groups is 1. The highest BCUT2D eigenvalue weighted by Crippen LogP contribution is 2.26. The molecule has 1 aliphatic heterocycles. The summed E-state index contributed by atoms with van der Waals surface area (Å²) in [7, 11) is 0. The topological polar surface area (TPSA) is 62.3 Å². The maximum atomic E-state index is 12.7. The van der Waals surface area contributed by atoms with Crippen molar-refractivity contribution in [2.75, 3.05) is 0 Å². The summed E-state index contributed by atoms with van der Waals surface area (Å²) in [4.78, 5) is 30.8. The van der Waals surface area contributed by atoms with E-state index in [1.54, 1.807) is 6.92 Å². The van der Waals surface area contributed by atoms with Crippen molar-refractivity contribution < 1.29 is 9.59 Å². The minimum atomic E-state index is -0.788. The van der Waals surface area contributed by atoms with Crippen LogP contribution in [0.2, 0.25) is 0 Å². The van der Waals surface area contributed by atoms with Crippen molar-refractivity contribution in [1.82, 2.24) is 15.2 Å². The van der Waals surface area contributed by atoms with E-state index in [2.05, 4.69) is 10.3 Å². The molecule has 23 heavy (non-hydrogen) atoms. The SMILES string of the molecule is CCCC1(C)NC(=O)N(Cc2cc(C)nc3ccccc23)C1=O. The molecule has 0 radical (unpaired) electrons. The highest BCUT2D eigenvalue weighted by molar-refractivity contribution is 6.06. The molecule has 1 fully saturated rings. The number of nitrogens with zero attached hydrogens (tertiary/aromatic N) is 2. The number of hydrogen-bond donors (Lipinski definition) is 1. The van der Waals surface area contributed by atoms with E-state index < -0.39 is 5.54 Å². The van der Waals surface area contributed by atoms with E-state index in [-0.39, 0.29) is 18.5 Å². The van der Waals surface area contributed by atoms with Crippen molar-refractivity contribution in [1.29, 1.82) is 0 Å². The largest absolute Gasteiger partial charge is 0.325 e. The third-order valence-corrected chi connectivity index (χ3v) is 4.35. The van der Waals surface area contributed by atoms with Crippen LogP contribution in [0.3, 0.4) is 0 Å². The summed E-state index contributed by atoms with van der Waals surface area (Å²) in [6.07, 6.45) is 1.48. The number of benzene rings is 1. The van der Waals surface area contributed by atoms with Gasteiger partial charge < -0.3 is 5.32 Å². The predicted octanol–water partition coefficient (Wildman–Crippen LogP) is 3.15. The summed E-state index contributed by atoms with van der Waals surface area (Å²) in [5.41, 5.74) is 1.91. The van der Waals surface area contributed by atoms with Crippen molar-refractivity contribution in [2.24, 2.45) is 0 Å². The van der Waals surface area contributed by atoms with E-state index in [1.165, 1.54) is 4.90 Å². The Morgan fingerprint density at radius 1 is 1.26 bits per heavy atom. The first-order valence-electron chi connectivity index (χ1n) is 7.94. The molecule has 1 atom stereocenters. The maximum absolute atomic E-state index is 12.7. The van der Waals surface area contributed by atoms with Crippen LogP contribution in [0.15, 0.2) is 30.3 Å². The standard InChI is InChI=1S/C18H21N3O2/c1-4-9-18(3)16(22)21(17(23)20-18)11-13-10-12(2)19-15-8-6-5-7-14(13)15/h5-8,10H,4,9,11H2,1-3H3,(H,20,23). The monoisotopic (exact) mass is 311 g/mol. The van der Waals surface area contributed by atoms with Gasteiger partial charge in [0.25, 0.3) is 5.91 Å². The van der Waals surface area contributed by atoms with Gasteiger partial charge in [-0.2, -0.15) is 0 Å². The van der Waals surface area contributed by atoms with E-state index in [0.29, 0.717) is 6.42 Å². The van der Waals surface area contributed by atoms with Gasteiger partial charge in [0.1, 0.15) is 5.54 Å². The normalized spacial score (nSPS) is 21.1. The molecule has 1 N–H and O–H groups in total. The number of rotatable bonds is 4. The molecular formula is C18H21N3O2. The second kappa shape index (κ2) is 5.65. The molecule has 2 aromatic rings. The lowest BCUT2D eigenvalue weighted by atomic mass is 9.96. The second-order valence-corrected chi connectivity index (χ2v) is 6.34. The van der Waals surface area contributed by atoms with E-state index >= 15 is 0 Å². The first-order chi connectivity index (χ1) is 10.9. The van der Waals surface area contributed by atoms with Crippen LogP contribution in [-0.2, 0) is 11.3 Å². The van der Waals surface area contributed by atoms with Crippen molar-refractivity contribution >= 4 is 22.8 Å². The fourth-order valence-electron chi connectivity index (χ4n) is 3.26. The summed E-state index contributed by atoms with van der Waals surface area (Å²) in [6, 6.07) is 9.42. The lowest BCUT2D eigenvalue weighted by Gasteiger charge is -2.21. The molecule has 3 rings (SSSR count). The molecule has 2 heterocycles. The molecule has 1 aromatic carbocycles. The van der Waals surface area contributed by atoms with E-state index in [0.717, 1.165) is 28.6 Å². The molecule has 0 spiro atoms. The zero-order valence-corrected chi connectivity index (χ0v) is 13.7. The fraction of sp³-hybridized carbons (Fsp3) is 0.389. The van der Waals surface area contributed by atoms with Crippen molar-refractivity contribution in [3.63, 3.8) is 0 Å². The van der Waals surface area contributed by atoms with Gasteiger partial charge in [-0.15, -0.1) is 0 Å². The van der Waals surface area contributed by atoms with Gasteiger partial charge in [0, 0.05) is 11.1 Å². The molecule has 0 bridgehead atoms. The maximum Gasteiger partial charge on any atom is 0.325 e. The molecule has 5 nitrogen and oxygen atoms in total. The molecule has 3 amide bonds. The number of carbonyl (C=O) groups is 2. The number of imide groups is 1. The molecule has 1 aliphatic rings. The van der Waals surface area contributed by atoms with Crippen molar-refractivity contribution in [3.05, 3.63) is 41.6 Å². The van der Waals surface area contributed by atoms with Gasteiger partial charge in [-0.1, -0.05) is 31.5 Å². The van der Waals surface area contributed by atoms with Crippen LogP contribution in [0.5, 0.6) is 0 Å². The lowest BCUT2D eigenvalue weighted by Crippen LogP contribution is -2.43. The fourth-order valence-corrected chi connectivity index (χ4v) is 3.26. The number of hydrogen-bond acceptors (Lipinski definition) is 3. The van der Waals surface area contributed by atoms with E-state index in [1.807, 2.05) is 44.2 Å². The first kappa shape index (κ1) is 15.5. The Hall–Kier alpha value is -2.43. The summed E-state index contributed by atoms with van der Waals surface area (Å²) in [5, 5.41) is 3.81. The lowest BCUT2D eigenvalue weighted by molar-refractivity contribution is -0.131. The molecule has 1 aromatic heterocycles. The summed E-state index contributed by atoms with van der Waals surface area (Å²) >= 11 is 0. The Kier molecular flexibility index (Phi) is 3.80. The van der Waals surface area contributed by atoms with Gasteiger partial charge in [0.05, 0.1) is 12.1 Å².